The molecule has 2 aromatic rings. The summed E-state index contributed by atoms with van der Waals surface area (Å²) in [6.07, 6.45) is 3.26. The summed E-state index contributed by atoms with van der Waals surface area (Å²) in [7, 11) is 4.07. The van der Waals surface area contributed by atoms with Gasteiger partial charge in [0.15, 0.2) is 0 Å². The molecular formula is C22H27NO3. The Hall–Kier alpha value is -2.17. The number of carbonyl (C=O) groups excluding carboxylic acids is 1. The van der Waals surface area contributed by atoms with Crippen molar-refractivity contribution in [1.29, 1.82) is 0 Å². The molecule has 0 aromatic heterocycles. The van der Waals surface area contributed by atoms with Gasteiger partial charge >= 0.3 is 5.97 Å². The quantitative estimate of drug-likeness (QED) is 0.777. The topological polar surface area (TPSA) is 49.8 Å². The number of esters is 1. The van der Waals surface area contributed by atoms with Crippen molar-refractivity contribution >= 4 is 5.97 Å². The lowest BCUT2D eigenvalue weighted by Gasteiger charge is -2.43. The van der Waals surface area contributed by atoms with Gasteiger partial charge in [0.1, 0.15) is 0 Å². The molecular weight excluding hydrogens is 326 g/mol. The molecule has 1 saturated carbocycles. The van der Waals surface area contributed by atoms with Gasteiger partial charge < -0.3 is 14.7 Å². The first kappa shape index (κ1) is 18.6. The molecule has 0 bridgehead atoms. The lowest BCUT2D eigenvalue weighted by atomic mass is 9.69. The predicted molar refractivity (Wildman–Crippen MR) is 102 cm³/mol. The second-order valence-electron chi connectivity index (χ2n) is 7.61. The number of rotatable bonds is 7. The van der Waals surface area contributed by atoms with Gasteiger partial charge in [-0.1, -0.05) is 67.1 Å². The van der Waals surface area contributed by atoms with Crippen LogP contribution in [-0.2, 0) is 15.1 Å². The average molecular weight is 353 g/mol. The van der Waals surface area contributed by atoms with Gasteiger partial charge in [0.25, 0.3) is 0 Å². The zero-order valence-corrected chi connectivity index (χ0v) is 15.5. The van der Waals surface area contributed by atoms with E-state index in [2.05, 4.69) is 4.90 Å². The summed E-state index contributed by atoms with van der Waals surface area (Å²) in [5.74, 6) is -0.611. The lowest BCUT2D eigenvalue weighted by Crippen LogP contribution is -2.46. The molecule has 3 rings (SSSR count). The molecule has 1 aliphatic carbocycles. The Bertz CT molecular complexity index is 684. The second-order valence-corrected chi connectivity index (χ2v) is 7.61. The van der Waals surface area contributed by atoms with Crippen LogP contribution < -0.4 is 0 Å². The maximum atomic E-state index is 13.1. The van der Waals surface area contributed by atoms with E-state index in [1.165, 1.54) is 0 Å². The zero-order chi connectivity index (χ0) is 18.6. The van der Waals surface area contributed by atoms with Crippen LogP contribution in [0.5, 0.6) is 0 Å². The molecule has 4 nitrogen and oxygen atoms in total. The smallest absolute Gasteiger partial charge is 0.347 e. The Morgan fingerprint density at radius 1 is 1.04 bits per heavy atom. The monoisotopic (exact) mass is 353 g/mol. The van der Waals surface area contributed by atoms with E-state index in [1.807, 2.05) is 50.5 Å². The van der Waals surface area contributed by atoms with Crippen molar-refractivity contribution in [2.45, 2.75) is 24.9 Å². The molecule has 26 heavy (non-hydrogen) atoms. The minimum Gasteiger partial charge on any atom is -0.462 e. The summed E-state index contributed by atoms with van der Waals surface area (Å²) >= 11 is 0. The fourth-order valence-electron chi connectivity index (χ4n) is 3.78. The number of hydrogen-bond acceptors (Lipinski definition) is 4. The first-order valence-corrected chi connectivity index (χ1v) is 9.12. The Kier molecular flexibility index (Phi) is 5.44. The highest BCUT2D eigenvalue weighted by Crippen LogP contribution is 2.42. The Balaban J connectivity index is 1.85. The molecule has 2 aromatic carbocycles. The summed E-state index contributed by atoms with van der Waals surface area (Å²) in [5.41, 5.74) is -0.753. The molecule has 4 heteroatoms. The molecule has 1 N–H and O–H groups in total. The lowest BCUT2D eigenvalue weighted by molar-refractivity contribution is -0.168. The molecule has 0 atom stereocenters. The molecule has 0 radical (unpaired) electrons. The van der Waals surface area contributed by atoms with E-state index in [0.717, 1.165) is 25.8 Å². The van der Waals surface area contributed by atoms with Gasteiger partial charge in [-0.15, -0.1) is 0 Å². The Morgan fingerprint density at radius 2 is 1.54 bits per heavy atom. The van der Waals surface area contributed by atoms with E-state index in [0.29, 0.717) is 17.7 Å². The minimum absolute atomic E-state index is 0.00739. The SMILES string of the molecule is CN(C)CC1(COC(=O)C(O)(c2ccccc2)c2ccccc2)CCC1. The summed E-state index contributed by atoms with van der Waals surface area (Å²) in [4.78, 5) is 15.2. The van der Waals surface area contributed by atoms with Crippen molar-refractivity contribution in [2.75, 3.05) is 27.2 Å². The van der Waals surface area contributed by atoms with Gasteiger partial charge in [-0.3, -0.25) is 0 Å². The summed E-state index contributed by atoms with van der Waals surface area (Å²) < 4.78 is 5.71. The van der Waals surface area contributed by atoms with E-state index in [-0.39, 0.29) is 5.41 Å². The third-order valence-corrected chi connectivity index (χ3v) is 5.25. The number of ether oxygens (including phenoxy) is 1. The number of carbonyl (C=O) groups is 1. The Labute approximate surface area is 155 Å². The van der Waals surface area contributed by atoms with E-state index >= 15 is 0 Å². The van der Waals surface area contributed by atoms with Crippen LogP contribution in [0, 0.1) is 5.41 Å². The fraction of sp³-hybridized carbons (Fsp3) is 0.409. The van der Waals surface area contributed by atoms with Crippen molar-refractivity contribution in [1.82, 2.24) is 4.90 Å². The minimum atomic E-state index is -1.80. The largest absolute Gasteiger partial charge is 0.462 e. The maximum Gasteiger partial charge on any atom is 0.347 e. The normalized spacial score (nSPS) is 16.2. The van der Waals surface area contributed by atoms with E-state index < -0.39 is 11.6 Å². The molecule has 1 aliphatic rings. The predicted octanol–water partition coefficient (Wildman–Crippen LogP) is 3.20. The van der Waals surface area contributed by atoms with Crippen LogP contribution >= 0.6 is 0 Å². The molecule has 1 fully saturated rings. The van der Waals surface area contributed by atoms with Gasteiger partial charge in [0.05, 0.1) is 6.61 Å². The molecule has 0 unspecified atom stereocenters. The van der Waals surface area contributed by atoms with Crippen molar-refractivity contribution in [2.24, 2.45) is 5.41 Å². The third-order valence-electron chi connectivity index (χ3n) is 5.25. The van der Waals surface area contributed by atoms with Crippen molar-refractivity contribution < 1.29 is 14.6 Å². The standard InChI is InChI=1S/C22H27NO3/c1-23(2)16-21(14-9-15-21)17-26-20(24)22(25,18-10-5-3-6-11-18)19-12-7-4-8-13-19/h3-8,10-13,25H,9,14-17H2,1-2H3. The van der Waals surface area contributed by atoms with Gasteiger partial charge in [0, 0.05) is 12.0 Å². The number of benzene rings is 2. The van der Waals surface area contributed by atoms with Crippen molar-refractivity contribution in [3.8, 4) is 0 Å². The van der Waals surface area contributed by atoms with Gasteiger partial charge in [-0.25, -0.2) is 4.79 Å². The van der Waals surface area contributed by atoms with Crippen LogP contribution in [0.2, 0.25) is 0 Å². The van der Waals surface area contributed by atoms with Gasteiger partial charge in [-0.05, 0) is 38.1 Å². The van der Waals surface area contributed by atoms with Crippen molar-refractivity contribution in [3.05, 3.63) is 71.8 Å². The maximum absolute atomic E-state index is 13.1. The first-order valence-electron chi connectivity index (χ1n) is 9.12. The van der Waals surface area contributed by atoms with Crippen LogP contribution in [0.3, 0.4) is 0 Å². The molecule has 0 heterocycles. The molecule has 138 valence electrons. The molecule has 0 aliphatic heterocycles. The number of aliphatic hydroxyl groups is 1. The van der Waals surface area contributed by atoms with Gasteiger partial charge in [-0.2, -0.15) is 0 Å². The van der Waals surface area contributed by atoms with Crippen LogP contribution in [0.15, 0.2) is 60.7 Å². The van der Waals surface area contributed by atoms with E-state index in [4.69, 9.17) is 4.74 Å². The Morgan fingerprint density at radius 3 is 1.92 bits per heavy atom. The third kappa shape index (κ3) is 3.67. The molecule has 0 amide bonds. The highest BCUT2D eigenvalue weighted by Gasteiger charge is 2.44. The molecule has 0 spiro atoms. The zero-order valence-electron chi connectivity index (χ0n) is 15.5. The van der Waals surface area contributed by atoms with Crippen LogP contribution in [-0.4, -0.2) is 43.2 Å². The van der Waals surface area contributed by atoms with Crippen molar-refractivity contribution in [3.63, 3.8) is 0 Å². The summed E-state index contributed by atoms with van der Waals surface area (Å²) in [5, 5.41) is 11.4. The summed E-state index contributed by atoms with van der Waals surface area (Å²) in [6.45, 7) is 1.22. The average Bonchev–Trinajstić information content (AvgIpc) is 2.64. The number of hydrogen-bond donors (Lipinski definition) is 1. The van der Waals surface area contributed by atoms with Gasteiger partial charge in [0.2, 0.25) is 5.60 Å². The molecule has 0 saturated heterocycles. The second kappa shape index (κ2) is 7.60. The highest BCUT2D eigenvalue weighted by atomic mass is 16.6. The van der Waals surface area contributed by atoms with Crippen LogP contribution in [0.25, 0.3) is 0 Å². The fourth-order valence-corrected chi connectivity index (χ4v) is 3.78. The summed E-state index contributed by atoms with van der Waals surface area (Å²) in [6, 6.07) is 18.0. The number of nitrogens with zero attached hydrogens (tertiary/aromatic N) is 1. The van der Waals surface area contributed by atoms with E-state index in [1.54, 1.807) is 24.3 Å². The van der Waals surface area contributed by atoms with Crippen LogP contribution in [0.1, 0.15) is 30.4 Å². The van der Waals surface area contributed by atoms with Crippen LogP contribution in [0.4, 0.5) is 0 Å². The first-order chi connectivity index (χ1) is 12.5. The highest BCUT2D eigenvalue weighted by molar-refractivity contribution is 5.85. The van der Waals surface area contributed by atoms with E-state index in [9.17, 15) is 9.90 Å².